The summed E-state index contributed by atoms with van der Waals surface area (Å²) in [5.74, 6) is -7.83. The van der Waals surface area contributed by atoms with Crippen molar-refractivity contribution in [2.24, 2.45) is 62.3 Å². The third-order valence-electron chi connectivity index (χ3n) is 10.3. The molecule has 0 aliphatic carbocycles. The monoisotopic (exact) mass is 968 g/mol. The quantitative estimate of drug-likeness (QED) is 0.0176. The maximum atomic E-state index is 13.9. The van der Waals surface area contributed by atoms with E-state index in [0.717, 1.165) is 0 Å². The van der Waals surface area contributed by atoms with Crippen LogP contribution in [0.4, 0.5) is 0 Å². The highest BCUT2D eigenvalue weighted by molar-refractivity contribution is 5.97. The van der Waals surface area contributed by atoms with Gasteiger partial charge in [-0.1, -0.05) is 61.8 Å². The smallest absolute Gasteiger partial charge is 0.322 e. The number of carbonyl (C=O) groups excluding carboxylic acids is 8. The Bertz CT molecular complexity index is 1730. The van der Waals surface area contributed by atoms with Crippen LogP contribution < -0.4 is 71.2 Å². The highest BCUT2D eigenvalue weighted by Gasteiger charge is 2.34. The number of nitrogens with one attached hydrogen (secondary N) is 8. The average molecular weight is 968 g/mol. The van der Waals surface area contributed by atoms with Crippen molar-refractivity contribution < 1.29 is 48.3 Å². The predicted octanol–water partition coefficient (Wildman–Crippen LogP) is -3.15. The first-order chi connectivity index (χ1) is 31.7. The van der Waals surface area contributed by atoms with E-state index in [1.807, 2.05) is 41.5 Å². The predicted molar refractivity (Wildman–Crippen MR) is 257 cm³/mol. The number of amides is 8. The minimum atomic E-state index is -1.30. The van der Waals surface area contributed by atoms with Gasteiger partial charge in [0.2, 0.25) is 47.3 Å². The fourth-order valence-corrected chi connectivity index (χ4v) is 6.52. The summed E-state index contributed by atoms with van der Waals surface area (Å²) in [6, 6.07) is -7.81. The first kappa shape index (κ1) is 61.7. The molecule has 0 unspecified atom stereocenters. The lowest BCUT2D eigenvalue weighted by molar-refractivity contribution is -0.138. The summed E-state index contributed by atoms with van der Waals surface area (Å²) in [7, 11) is 0. The van der Waals surface area contributed by atoms with E-state index >= 15 is 0 Å². The van der Waals surface area contributed by atoms with E-state index in [0.29, 0.717) is 12.8 Å². The van der Waals surface area contributed by atoms with Gasteiger partial charge in [-0.15, -0.1) is 0 Å². The molecule has 68 heavy (non-hydrogen) atoms. The van der Waals surface area contributed by atoms with Gasteiger partial charge in [-0.3, -0.25) is 53.1 Å². The van der Waals surface area contributed by atoms with Crippen LogP contribution in [0.5, 0.6) is 0 Å². The molecule has 0 radical (unpaired) electrons. The minimum Gasteiger partial charge on any atom is -0.480 e. The van der Waals surface area contributed by atoms with Crippen LogP contribution in [-0.4, -0.2) is 139 Å². The number of carboxylic acid groups (broad SMARTS) is 1. The first-order valence-electron chi connectivity index (χ1n) is 23.1. The molecular weight excluding hydrogens is 887 g/mol. The molecule has 19 N–H and O–H groups in total. The van der Waals surface area contributed by atoms with Crippen LogP contribution in [0.25, 0.3) is 0 Å². The Hall–Kier alpha value is -6.27. The van der Waals surface area contributed by atoms with Gasteiger partial charge in [0.05, 0.1) is 12.6 Å². The molecule has 8 amide bonds. The Morgan fingerprint density at radius 3 is 1.35 bits per heavy atom. The molecule has 0 aromatic carbocycles. The van der Waals surface area contributed by atoms with Gasteiger partial charge in [-0.05, 0) is 75.5 Å². The SMILES string of the molecule is CC[C@H](C)[C@H](NC(=O)[C@H](C)NC(=O)[C@H](CC(C)C)NC(=O)[C@H](CC(C)C)NC(=O)[C@H](CC(C)C)NC(=O)[C@@H](N)CCCN=C(N)N)C(=O)NCC(=O)N[C@@H](CCCN=C(N)N)C(=O)NCC(=O)O. The van der Waals surface area contributed by atoms with Crippen molar-refractivity contribution in [1.29, 1.82) is 0 Å². The number of rotatable bonds is 33. The molecule has 0 bridgehead atoms. The summed E-state index contributed by atoms with van der Waals surface area (Å²) >= 11 is 0. The van der Waals surface area contributed by atoms with Gasteiger partial charge in [0.1, 0.15) is 42.8 Å². The van der Waals surface area contributed by atoms with Gasteiger partial charge in [0.25, 0.3) is 0 Å². The van der Waals surface area contributed by atoms with Gasteiger partial charge in [-0.25, -0.2) is 0 Å². The lowest BCUT2D eigenvalue weighted by Crippen LogP contribution is -2.60. The number of aliphatic imine (C=N–C) groups is 2. The van der Waals surface area contributed by atoms with Crippen LogP contribution in [0.1, 0.15) is 114 Å². The molecule has 0 aliphatic rings. The lowest BCUT2D eigenvalue weighted by atomic mass is 9.97. The van der Waals surface area contributed by atoms with E-state index in [2.05, 4.69) is 52.5 Å². The van der Waals surface area contributed by atoms with Crippen molar-refractivity contribution in [2.75, 3.05) is 26.2 Å². The average Bonchev–Trinajstić information content (AvgIpc) is 3.24. The van der Waals surface area contributed by atoms with E-state index < -0.39 is 115 Å². The molecule has 0 aromatic rings. The van der Waals surface area contributed by atoms with Crippen molar-refractivity contribution >= 4 is 65.1 Å². The topological polar surface area (TPSA) is 425 Å². The van der Waals surface area contributed by atoms with Crippen molar-refractivity contribution in [1.82, 2.24) is 42.5 Å². The van der Waals surface area contributed by atoms with E-state index in [1.54, 1.807) is 13.8 Å². The number of nitrogens with two attached hydrogens (primary N) is 5. The molecule has 0 fully saturated rings. The molecule has 25 heteroatoms. The molecule has 0 saturated carbocycles. The maximum Gasteiger partial charge on any atom is 0.322 e. The Labute approximate surface area is 399 Å². The number of hydrogen-bond acceptors (Lipinski definition) is 12. The van der Waals surface area contributed by atoms with Crippen molar-refractivity contribution in [3.8, 4) is 0 Å². The summed E-state index contributed by atoms with van der Waals surface area (Å²) in [5, 5.41) is 29.5. The zero-order valence-electron chi connectivity index (χ0n) is 41.2. The molecule has 0 rings (SSSR count). The fraction of sp³-hybridized carbons (Fsp3) is 0.744. The molecular formula is C43H81N15O10. The molecule has 0 heterocycles. The van der Waals surface area contributed by atoms with Crippen LogP contribution in [0, 0.1) is 23.7 Å². The van der Waals surface area contributed by atoms with Crippen LogP contribution >= 0.6 is 0 Å². The third-order valence-corrected chi connectivity index (χ3v) is 10.3. The standard InChI is InChI=1S/C43H81N15O10/c1-10-25(8)34(41(68)51-20-32(59)54-28(14-12-16-50-43(47)48)37(64)52-21-33(60)61)58-35(62)26(9)53-38(65)29(17-22(2)3)56-40(67)31(19-24(6)7)57-39(66)30(18-23(4)5)55-36(63)27(44)13-11-15-49-42(45)46/h22-31,34H,10-21,44H2,1-9H3,(H,51,68)(H,52,64)(H,53,65)(H,54,59)(H,55,63)(H,56,67)(H,57,66)(H,58,62)(H,60,61)(H4,45,46,49)(H4,47,48,50)/t25-,26-,27-,28-,29-,30-,31-,34-/m0/s1. The highest BCUT2D eigenvalue weighted by Crippen LogP contribution is 2.13. The Balaban J connectivity index is 5.97. The Kier molecular flexibility index (Phi) is 29.4. The van der Waals surface area contributed by atoms with E-state index in [-0.39, 0.29) is 81.3 Å². The molecule has 0 saturated heterocycles. The zero-order valence-corrected chi connectivity index (χ0v) is 41.2. The zero-order chi connectivity index (χ0) is 52.3. The summed E-state index contributed by atoms with van der Waals surface area (Å²) in [4.78, 5) is 126. The van der Waals surface area contributed by atoms with Crippen molar-refractivity contribution in [3.63, 3.8) is 0 Å². The molecule has 0 aliphatic heterocycles. The second-order valence-corrected chi connectivity index (χ2v) is 18.1. The molecule has 388 valence electrons. The normalized spacial score (nSPS) is 14.6. The summed E-state index contributed by atoms with van der Waals surface area (Å²) in [6.45, 7) is 15.1. The second-order valence-electron chi connectivity index (χ2n) is 18.1. The van der Waals surface area contributed by atoms with Crippen LogP contribution in [-0.2, 0) is 43.2 Å². The third kappa shape index (κ3) is 26.8. The van der Waals surface area contributed by atoms with Gasteiger partial charge >= 0.3 is 5.97 Å². The minimum absolute atomic E-state index is 0.0329. The highest BCUT2D eigenvalue weighted by atomic mass is 16.4. The molecule has 0 spiro atoms. The van der Waals surface area contributed by atoms with E-state index in [1.165, 1.54) is 6.92 Å². The number of guanidine groups is 2. The van der Waals surface area contributed by atoms with Crippen LogP contribution in [0.3, 0.4) is 0 Å². The summed E-state index contributed by atoms with van der Waals surface area (Å²) in [5.41, 5.74) is 27.5. The van der Waals surface area contributed by atoms with Crippen molar-refractivity contribution in [3.05, 3.63) is 0 Å². The van der Waals surface area contributed by atoms with E-state index in [4.69, 9.17) is 33.8 Å². The molecule has 8 atom stereocenters. The second kappa shape index (κ2) is 32.4. The first-order valence-corrected chi connectivity index (χ1v) is 23.1. The Morgan fingerprint density at radius 1 is 0.500 bits per heavy atom. The van der Waals surface area contributed by atoms with Crippen LogP contribution in [0.15, 0.2) is 9.98 Å². The Morgan fingerprint density at radius 2 is 0.926 bits per heavy atom. The van der Waals surface area contributed by atoms with E-state index in [9.17, 15) is 43.2 Å². The molecule has 25 nitrogen and oxygen atoms in total. The summed E-state index contributed by atoms with van der Waals surface area (Å²) < 4.78 is 0. The van der Waals surface area contributed by atoms with Gasteiger partial charge in [0.15, 0.2) is 11.9 Å². The lowest BCUT2D eigenvalue weighted by Gasteiger charge is -2.28. The number of aliphatic carboxylic acids is 1. The fourth-order valence-electron chi connectivity index (χ4n) is 6.52. The van der Waals surface area contributed by atoms with Gasteiger partial charge in [0, 0.05) is 13.1 Å². The largest absolute Gasteiger partial charge is 0.480 e. The molecule has 0 aromatic heterocycles. The number of carbonyl (C=O) groups is 9. The summed E-state index contributed by atoms with van der Waals surface area (Å²) in [6.07, 6.45) is 1.96. The number of hydrogen-bond donors (Lipinski definition) is 14. The number of carboxylic acids is 1. The van der Waals surface area contributed by atoms with Gasteiger partial charge < -0.3 is 76.3 Å². The maximum absolute atomic E-state index is 13.9. The van der Waals surface area contributed by atoms with Gasteiger partial charge in [-0.2, -0.15) is 0 Å². The van der Waals surface area contributed by atoms with Crippen molar-refractivity contribution in [2.45, 2.75) is 156 Å². The van der Waals surface area contributed by atoms with Crippen LogP contribution in [0.2, 0.25) is 0 Å². The number of nitrogens with zero attached hydrogens (tertiary/aromatic N) is 2.